The predicted octanol–water partition coefficient (Wildman–Crippen LogP) is 3.52. The molecule has 0 bridgehead atoms. The molecule has 0 aromatic carbocycles. The third-order valence-electron chi connectivity index (χ3n) is 3.61. The van der Waals surface area contributed by atoms with E-state index in [0.29, 0.717) is 36.4 Å². The van der Waals surface area contributed by atoms with Crippen LogP contribution >= 0.6 is 11.8 Å². The van der Waals surface area contributed by atoms with Crippen molar-refractivity contribution in [3.63, 3.8) is 0 Å². The van der Waals surface area contributed by atoms with E-state index >= 15 is 0 Å². The summed E-state index contributed by atoms with van der Waals surface area (Å²) in [6.45, 7) is 1.07. The fraction of sp³-hybridized carbons (Fsp3) is 0.714. The van der Waals surface area contributed by atoms with E-state index in [4.69, 9.17) is 4.42 Å². The zero-order valence-electron chi connectivity index (χ0n) is 11.4. The number of furan rings is 1. The molecule has 1 fully saturated rings. The lowest BCUT2D eigenvalue weighted by molar-refractivity contribution is 0.00437. The van der Waals surface area contributed by atoms with Crippen LogP contribution in [-0.2, 0) is 12.3 Å². The topological polar surface area (TPSA) is 45.4 Å². The van der Waals surface area contributed by atoms with E-state index in [1.165, 1.54) is 6.42 Å². The van der Waals surface area contributed by atoms with Crippen LogP contribution in [0.1, 0.15) is 43.6 Å². The Morgan fingerprint density at radius 2 is 1.95 bits per heavy atom. The first kappa shape index (κ1) is 15.8. The van der Waals surface area contributed by atoms with Crippen molar-refractivity contribution in [1.82, 2.24) is 5.32 Å². The van der Waals surface area contributed by atoms with Gasteiger partial charge in [-0.15, -0.1) is 0 Å². The van der Waals surface area contributed by atoms with Crippen LogP contribution < -0.4 is 5.32 Å². The highest BCUT2D eigenvalue weighted by Crippen LogP contribution is 2.27. The molecule has 0 saturated heterocycles. The smallest absolute Gasteiger partial charge is 0.284 e. The Labute approximate surface area is 122 Å². The Morgan fingerprint density at radius 1 is 1.25 bits per heavy atom. The summed E-state index contributed by atoms with van der Waals surface area (Å²) in [6.07, 6.45) is 5.04. The van der Waals surface area contributed by atoms with Crippen LogP contribution in [0.4, 0.5) is 8.78 Å². The van der Waals surface area contributed by atoms with E-state index in [-0.39, 0.29) is 5.75 Å². The second-order valence-corrected chi connectivity index (χ2v) is 6.31. The third-order valence-corrected chi connectivity index (χ3v) is 4.31. The van der Waals surface area contributed by atoms with Gasteiger partial charge in [0.25, 0.3) is 5.76 Å². The van der Waals surface area contributed by atoms with Crippen molar-refractivity contribution in [3.05, 3.63) is 23.7 Å². The molecule has 0 atom stereocenters. The molecule has 114 valence electrons. The van der Waals surface area contributed by atoms with E-state index in [0.717, 1.165) is 25.7 Å². The van der Waals surface area contributed by atoms with Crippen LogP contribution in [0.2, 0.25) is 0 Å². The molecular formula is C14H21F2NO2S. The van der Waals surface area contributed by atoms with Crippen LogP contribution in [0.25, 0.3) is 0 Å². The molecule has 1 aromatic heterocycles. The molecule has 2 N–H and O–H groups in total. The second kappa shape index (κ2) is 7.43. The molecule has 6 heteroatoms. The molecule has 2 rings (SSSR count). The molecule has 1 saturated carbocycles. The number of halogens is 2. The number of nitrogens with one attached hydrogen (secondary N) is 1. The molecule has 0 spiro atoms. The van der Waals surface area contributed by atoms with Gasteiger partial charge in [-0.25, -0.2) is 0 Å². The highest BCUT2D eigenvalue weighted by Gasteiger charge is 2.28. The van der Waals surface area contributed by atoms with Gasteiger partial charge in [0.2, 0.25) is 0 Å². The zero-order valence-corrected chi connectivity index (χ0v) is 12.2. The number of thioether (sulfide) groups is 1. The van der Waals surface area contributed by atoms with Crippen LogP contribution in [0.5, 0.6) is 0 Å². The molecular weight excluding hydrogens is 284 g/mol. The maximum absolute atomic E-state index is 12.1. The quantitative estimate of drug-likeness (QED) is 0.809. The van der Waals surface area contributed by atoms with Crippen molar-refractivity contribution in [2.45, 2.75) is 55.8 Å². The molecule has 0 amide bonds. The molecule has 20 heavy (non-hydrogen) atoms. The third kappa shape index (κ3) is 5.07. The zero-order chi connectivity index (χ0) is 14.4. The summed E-state index contributed by atoms with van der Waals surface area (Å²) in [5, 5.41) is 13.5. The van der Waals surface area contributed by atoms with Gasteiger partial charge in [0, 0.05) is 6.54 Å². The van der Waals surface area contributed by atoms with Crippen molar-refractivity contribution < 1.29 is 18.3 Å². The van der Waals surface area contributed by atoms with Gasteiger partial charge in [-0.2, -0.15) is 8.78 Å². The molecule has 0 aliphatic heterocycles. The van der Waals surface area contributed by atoms with Gasteiger partial charge in [0.15, 0.2) is 0 Å². The molecule has 1 aliphatic rings. The van der Waals surface area contributed by atoms with E-state index in [9.17, 15) is 13.9 Å². The average molecular weight is 305 g/mol. The van der Waals surface area contributed by atoms with Gasteiger partial charge in [-0.05, 0) is 25.0 Å². The van der Waals surface area contributed by atoms with Crippen LogP contribution in [0.3, 0.4) is 0 Å². The maximum atomic E-state index is 12.1. The van der Waals surface area contributed by atoms with Crippen LogP contribution in [0, 0.1) is 0 Å². The monoisotopic (exact) mass is 305 g/mol. The lowest BCUT2D eigenvalue weighted by Crippen LogP contribution is -2.41. The number of alkyl halides is 2. The van der Waals surface area contributed by atoms with Gasteiger partial charge >= 0.3 is 0 Å². The second-order valence-electron chi connectivity index (χ2n) is 5.33. The van der Waals surface area contributed by atoms with Crippen molar-refractivity contribution >= 4 is 11.8 Å². The Morgan fingerprint density at radius 3 is 2.65 bits per heavy atom. The Hall–Kier alpha value is -0.590. The number of aliphatic hydroxyl groups is 1. The lowest BCUT2D eigenvalue weighted by Gasteiger charge is -2.32. The fourth-order valence-electron chi connectivity index (χ4n) is 2.55. The van der Waals surface area contributed by atoms with Gasteiger partial charge in [0.05, 0.1) is 17.9 Å². The summed E-state index contributed by atoms with van der Waals surface area (Å²) >= 11 is 0.556. The highest BCUT2D eigenvalue weighted by molar-refractivity contribution is 7.98. The fourth-order valence-corrected chi connectivity index (χ4v) is 2.99. The summed E-state index contributed by atoms with van der Waals surface area (Å²) in [5.41, 5.74) is -0.598. The summed E-state index contributed by atoms with van der Waals surface area (Å²) in [6, 6.07) is 3.51. The Kier molecular flexibility index (Phi) is 5.86. The van der Waals surface area contributed by atoms with Crippen LogP contribution in [0.15, 0.2) is 16.5 Å². The maximum Gasteiger partial charge on any atom is 0.284 e. The normalized spacial score (nSPS) is 18.6. The van der Waals surface area contributed by atoms with Crippen molar-refractivity contribution in [1.29, 1.82) is 0 Å². The summed E-state index contributed by atoms with van der Waals surface area (Å²) in [4.78, 5) is 0. The van der Waals surface area contributed by atoms with Gasteiger partial charge in [-0.3, -0.25) is 0 Å². The van der Waals surface area contributed by atoms with Crippen molar-refractivity contribution in [2.75, 3.05) is 6.54 Å². The lowest BCUT2D eigenvalue weighted by atomic mass is 9.85. The minimum atomic E-state index is -2.37. The molecule has 1 aliphatic carbocycles. The van der Waals surface area contributed by atoms with Crippen LogP contribution in [-0.4, -0.2) is 23.0 Å². The molecule has 0 radical (unpaired) electrons. The summed E-state index contributed by atoms with van der Waals surface area (Å²) in [7, 11) is 0. The van der Waals surface area contributed by atoms with E-state index in [1.54, 1.807) is 12.1 Å². The standard InChI is InChI=1S/C14H21F2NO2S/c15-13(16)20-9-12-5-4-11(19-12)8-17-10-14(18)6-2-1-3-7-14/h4-5,13,17-18H,1-3,6-10H2. The van der Waals surface area contributed by atoms with Crippen molar-refractivity contribution in [2.24, 2.45) is 0 Å². The predicted molar refractivity (Wildman–Crippen MR) is 75.7 cm³/mol. The van der Waals surface area contributed by atoms with Gasteiger partial charge in [-0.1, -0.05) is 31.0 Å². The van der Waals surface area contributed by atoms with E-state index < -0.39 is 11.4 Å². The minimum Gasteiger partial charge on any atom is -0.464 e. The van der Waals surface area contributed by atoms with Gasteiger partial charge in [0.1, 0.15) is 11.5 Å². The molecule has 1 aromatic rings. The molecule has 3 nitrogen and oxygen atoms in total. The van der Waals surface area contributed by atoms with Gasteiger partial charge < -0.3 is 14.8 Å². The summed E-state index contributed by atoms with van der Waals surface area (Å²) < 4.78 is 29.6. The molecule has 1 heterocycles. The average Bonchev–Trinajstić information content (AvgIpc) is 2.85. The first-order valence-electron chi connectivity index (χ1n) is 6.98. The Bertz CT molecular complexity index is 406. The van der Waals surface area contributed by atoms with E-state index in [2.05, 4.69) is 5.32 Å². The van der Waals surface area contributed by atoms with Crippen molar-refractivity contribution in [3.8, 4) is 0 Å². The number of hydrogen-bond acceptors (Lipinski definition) is 4. The Balaban J connectivity index is 1.71. The SMILES string of the molecule is OC1(CNCc2ccc(CSC(F)F)o2)CCCCC1. The first-order chi connectivity index (χ1) is 9.57. The van der Waals surface area contributed by atoms with E-state index in [1.807, 2.05) is 0 Å². The highest BCUT2D eigenvalue weighted by atomic mass is 32.2. The minimum absolute atomic E-state index is 0.182. The largest absolute Gasteiger partial charge is 0.464 e. The molecule has 0 unspecified atom stereocenters. The number of rotatable bonds is 7. The number of hydrogen-bond donors (Lipinski definition) is 2. The first-order valence-corrected chi connectivity index (χ1v) is 8.03. The summed E-state index contributed by atoms with van der Waals surface area (Å²) in [5.74, 6) is -0.915.